The van der Waals surface area contributed by atoms with Crippen LogP contribution in [-0.4, -0.2) is 11.5 Å². The number of halogens is 1. The van der Waals surface area contributed by atoms with Crippen molar-refractivity contribution in [2.75, 3.05) is 6.54 Å². The van der Waals surface area contributed by atoms with E-state index in [9.17, 15) is 4.39 Å². The van der Waals surface area contributed by atoms with E-state index in [1.54, 1.807) is 12.3 Å². The molecule has 1 aromatic heterocycles. The lowest BCUT2D eigenvalue weighted by Gasteiger charge is -2.09. The maximum absolute atomic E-state index is 13.2. The first kappa shape index (κ1) is 14.5. The van der Waals surface area contributed by atoms with E-state index >= 15 is 0 Å². The highest BCUT2D eigenvalue weighted by molar-refractivity contribution is 5.27. The topological polar surface area (TPSA) is 34.1 Å². The standard InChI is InChI=1S/C16H19FN2O/c1-3-18-9-15-6-7-16(10-19-15)20-11-13-8-14(17)5-4-12(13)2/h4-8,10,18H,3,9,11H2,1-2H3. The lowest BCUT2D eigenvalue weighted by Crippen LogP contribution is -2.12. The van der Waals surface area contributed by atoms with Gasteiger partial charge in [0.05, 0.1) is 11.9 Å². The molecule has 4 heteroatoms. The van der Waals surface area contributed by atoms with E-state index in [4.69, 9.17) is 4.74 Å². The van der Waals surface area contributed by atoms with Crippen molar-refractivity contribution < 1.29 is 9.13 Å². The molecule has 1 N–H and O–H groups in total. The molecule has 2 aromatic rings. The Hall–Kier alpha value is -1.94. The summed E-state index contributed by atoms with van der Waals surface area (Å²) in [5, 5.41) is 3.21. The number of hydrogen-bond donors (Lipinski definition) is 1. The van der Waals surface area contributed by atoms with E-state index in [0.29, 0.717) is 12.4 Å². The summed E-state index contributed by atoms with van der Waals surface area (Å²) in [5.41, 5.74) is 2.84. The van der Waals surface area contributed by atoms with Crippen molar-refractivity contribution in [1.82, 2.24) is 10.3 Å². The molecule has 1 aromatic carbocycles. The summed E-state index contributed by atoms with van der Waals surface area (Å²) in [4.78, 5) is 4.31. The Morgan fingerprint density at radius 1 is 1.25 bits per heavy atom. The number of benzene rings is 1. The molecule has 0 saturated carbocycles. The lowest BCUT2D eigenvalue weighted by molar-refractivity contribution is 0.303. The fourth-order valence-corrected chi connectivity index (χ4v) is 1.81. The van der Waals surface area contributed by atoms with E-state index in [2.05, 4.69) is 17.2 Å². The Morgan fingerprint density at radius 2 is 2.10 bits per heavy atom. The highest BCUT2D eigenvalue weighted by Gasteiger charge is 2.02. The minimum atomic E-state index is -0.242. The number of aryl methyl sites for hydroxylation is 1. The highest BCUT2D eigenvalue weighted by atomic mass is 19.1. The zero-order valence-corrected chi connectivity index (χ0v) is 11.8. The molecule has 0 bridgehead atoms. The molecular weight excluding hydrogens is 255 g/mol. The Bertz CT molecular complexity index is 555. The van der Waals surface area contributed by atoms with Gasteiger partial charge >= 0.3 is 0 Å². The first-order valence-electron chi connectivity index (χ1n) is 6.72. The van der Waals surface area contributed by atoms with Gasteiger partial charge in [0, 0.05) is 6.54 Å². The average Bonchev–Trinajstić information content (AvgIpc) is 2.47. The van der Waals surface area contributed by atoms with Crippen LogP contribution in [0.1, 0.15) is 23.7 Å². The number of aromatic nitrogens is 1. The van der Waals surface area contributed by atoms with Crippen LogP contribution in [0.3, 0.4) is 0 Å². The first-order valence-corrected chi connectivity index (χ1v) is 6.72. The molecule has 3 nitrogen and oxygen atoms in total. The van der Waals surface area contributed by atoms with Gasteiger partial charge in [0.2, 0.25) is 0 Å². The summed E-state index contributed by atoms with van der Waals surface area (Å²) in [6.45, 7) is 6.01. The summed E-state index contributed by atoms with van der Waals surface area (Å²) in [7, 11) is 0. The molecule has 0 unspecified atom stereocenters. The summed E-state index contributed by atoms with van der Waals surface area (Å²) in [6.07, 6.45) is 1.70. The van der Waals surface area contributed by atoms with Gasteiger partial charge in [0.15, 0.2) is 0 Å². The zero-order valence-electron chi connectivity index (χ0n) is 11.8. The molecular formula is C16H19FN2O. The van der Waals surface area contributed by atoms with Crippen LogP contribution in [-0.2, 0) is 13.2 Å². The Labute approximate surface area is 118 Å². The van der Waals surface area contributed by atoms with Crippen molar-refractivity contribution >= 4 is 0 Å². The quantitative estimate of drug-likeness (QED) is 0.878. The summed E-state index contributed by atoms with van der Waals surface area (Å²) in [6, 6.07) is 8.52. The minimum Gasteiger partial charge on any atom is -0.487 e. The summed E-state index contributed by atoms with van der Waals surface area (Å²) >= 11 is 0. The second-order valence-electron chi connectivity index (χ2n) is 4.63. The third-order valence-electron chi connectivity index (χ3n) is 3.06. The molecule has 106 valence electrons. The number of nitrogens with zero attached hydrogens (tertiary/aromatic N) is 1. The molecule has 0 amide bonds. The van der Waals surface area contributed by atoms with Gasteiger partial charge in [0.25, 0.3) is 0 Å². The number of nitrogens with one attached hydrogen (secondary N) is 1. The van der Waals surface area contributed by atoms with E-state index in [-0.39, 0.29) is 5.82 Å². The second kappa shape index (κ2) is 7.01. The van der Waals surface area contributed by atoms with E-state index < -0.39 is 0 Å². The van der Waals surface area contributed by atoms with Crippen molar-refractivity contribution in [2.24, 2.45) is 0 Å². The largest absolute Gasteiger partial charge is 0.487 e. The molecule has 0 aliphatic carbocycles. The van der Waals surface area contributed by atoms with Crippen molar-refractivity contribution in [1.29, 1.82) is 0 Å². The molecule has 20 heavy (non-hydrogen) atoms. The van der Waals surface area contributed by atoms with Crippen LogP contribution in [0.4, 0.5) is 4.39 Å². The maximum Gasteiger partial charge on any atom is 0.138 e. The van der Waals surface area contributed by atoms with Gasteiger partial charge in [-0.25, -0.2) is 4.39 Å². The van der Waals surface area contributed by atoms with Gasteiger partial charge in [-0.1, -0.05) is 13.0 Å². The van der Waals surface area contributed by atoms with Crippen LogP contribution >= 0.6 is 0 Å². The number of pyridine rings is 1. The SMILES string of the molecule is CCNCc1ccc(OCc2cc(F)ccc2C)cn1. The van der Waals surface area contributed by atoms with Gasteiger partial charge in [-0.3, -0.25) is 4.98 Å². The molecule has 0 spiro atoms. The van der Waals surface area contributed by atoms with Gasteiger partial charge < -0.3 is 10.1 Å². The van der Waals surface area contributed by atoms with Gasteiger partial charge in [-0.05, 0) is 48.9 Å². The van der Waals surface area contributed by atoms with Crippen LogP contribution in [0.5, 0.6) is 5.75 Å². The monoisotopic (exact) mass is 274 g/mol. The van der Waals surface area contributed by atoms with Crippen molar-refractivity contribution in [3.63, 3.8) is 0 Å². The van der Waals surface area contributed by atoms with E-state index in [1.165, 1.54) is 12.1 Å². The average molecular weight is 274 g/mol. The van der Waals surface area contributed by atoms with Crippen molar-refractivity contribution in [3.8, 4) is 5.75 Å². The van der Waals surface area contributed by atoms with Gasteiger partial charge in [-0.15, -0.1) is 0 Å². The molecule has 0 fully saturated rings. The molecule has 1 heterocycles. The highest BCUT2D eigenvalue weighted by Crippen LogP contribution is 2.15. The fourth-order valence-electron chi connectivity index (χ4n) is 1.81. The van der Waals surface area contributed by atoms with E-state index in [0.717, 1.165) is 29.9 Å². The number of hydrogen-bond acceptors (Lipinski definition) is 3. The molecule has 0 aliphatic rings. The zero-order chi connectivity index (χ0) is 14.4. The third kappa shape index (κ3) is 4.03. The number of rotatable bonds is 6. The van der Waals surface area contributed by atoms with Crippen molar-refractivity contribution in [2.45, 2.75) is 27.0 Å². The molecule has 0 saturated heterocycles. The third-order valence-corrected chi connectivity index (χ3v) is 3.06. The minimum absolute atomic E-state index is 0.242. The normalized spacial score (nSPS) is 10.6. The fraction of sp³-hybridized carbons (Fsp3) is 0.312. The van der Waals surface area contributed by atoms with Crippen LogP contribution < -0.4 is 10.1 Å². The summed E-state index contributed by atoms with van der Waals surface area (Å²) < 4.78 is 18.8. The van der Waals surface area contributed by atoms with Crippen LogP contribution in [0.25, 0.3) is 0 Å². The van der Waals surface area contributed by atoms with Gasteiger partial charge in [0.1, 0.15) is 18.2 Å². The maximum atomic E-state index is 13.2. The predicted octanol–water partition coefficient (Wildman–Crippen LogP) is 3.22. The smallest absolute Gasteiger partial charge is 0.138 e. The van der Waals surface area contributed by atoms with Crippen LogP contribution in [0, 0.1) is 12.7 Å². The molecule has 0 atom stereocenters. The van der Waals surface area contributed by atoms with Gasteiger partial charge in [-0.2, -0.15) is 0 Å². The van der Waals surface area contributed by atoms with E-state index in [1.807, 2.05) is 19.1 Å². The lowest BCUT2D eigenvalue weighted by atomic mass is 10.1. The van der Waals surface area contributed by atoms with Crippen LogP contribution in [0.2, 0.25) is 0 Å². The predicted molar refractivity (Wildman–Crippen MR) is 77.1 cm³/mol. The first-order chi connectivity index (χ1) is 9.69. The van der Waals surface area contributed by atoms with Crippen molar-refractivity contribution in [3.05, 3.63) is 59.2 Å². The van der Waals surface area contributed by atoms with Crippen LogP contribution in [0.15, 0.2) is 36.5 Å². The Kier molecular flexibility index (Phi) is 5.07. The molecule has 0 aliphatic heterocycles. The number of ether oxygens (including phenoxy) is 1. The Balaban J connectivity index is 1.95. The Morgan fingerprint density at radius 3 is 2.80 bits per heavy atom. The molecule has 0 radical (unpaired) electrons. The molecule has 2 rings (SSSR count). The second-order valence-corrected chi connectivity index (χ2v) is 4.63. The summed E-state index contributed by atoms with van der Waals surface area (Å²) in [5.74, 6) is 0.447.